The Morgan fingerprint density at radius 2 is 1.83 bits per heavy atom. The maximum atomic E-state index is 5.77. The molecule has 0 heterocycles. The molecule has 0 saturated heterocycles. The van der Waals surface area contributed by atoms with E-state index in [1.807, 2.05) is 36.4 Å². The number of ether oxygens (including phenoxy) is 4. The highest BCUT2D eigenvalue weighted by Gasteiger charge is 2.14. The molecule has 30 heavy (non-hydrogen) atoms. The van der Waals surface area contributed by atoms with E-state index in [0.29, 0.717) is 25.7 Å². The Hall–Kier alpha value is -2.93. The smallest absolute Gasteiger partial charge is 0.191 e. The summed E-state index contributed by atoms with van der Waals surface area (Å²) in [6.45, 7) is 4.00. The first-order valence-electron chi connectivity index (χ1n) is 10.0. The van der Waals surface area contributed by atoms with Crippen LogP contribution < -0.4 is 24.8 Å². The molecule has 2 N–H and O–H groups in total. The fraction of sp³-hybridized carbons (Fsp3) is 0.435. The van der Waals surface area contributed by atoms with Gasteiger partial charge in [0.1, 0.15) is 17.2 Å². The lowest BCUT2D eigenvalue weighted by Gasteiger charge is -2.21. The van der Waals surface area contributed by atoms with Gasteiger partial charge in [-0.2, -0.15) is 0 Å². The Morgan fingerprint density at radius 3 is 2.53 bits per heavy atom. The molecular formula is C23H33N3O4. The van der Waals surface area contributed by atoms with Gasteiger partial charge in [-0.05, 0) is 42.8 Å². The Balaban J connectivity index is 1.95. The molecule has 0 saturated carbocycles. The van der Waals surface area contributed by atoms with Crippen LogP contribution in [-0.4, -0.2) is 47.6 Å². The van der Waals surface area contributed by atoms with Crippen molar-refractivity contribution in [1.29, 1.82) is 0 Å². The average molecular weight is 416 g/mol. The van der Waals surface area contributed by atoms with Gasteiger partial charge >= 0.3 is 0 Å². The fourth-order valence-corrected chi connectivity index (χ4v) is 2.98. The SMILES string of the molecule is CN=C(NCc1cccc(OCCCOC)c1)NC(C)c1cc(OC)ccc1OC. The van der Waals surface area contributed by atoms with Crippen LogP contribution in [0, 0.1) is 0 Å². The summed E-state index contributed by atoms with van der Waals surface area (Å²) < 4.78 is 21.7. The Kier molecular flexibility index (Phi) is 9.80. The summed E-state index contributed by atoms with van der Waals surface area (Å²) in [6.07, 6.45) is 0.862. The minimum Gasteiger partial charge on any atom is -0.497 e. The van der Waals surface area contributed by atoms with Crippen molar-refractivity contribution in [2.75, 3.05) is 41.6 Å². The summed E-state index contributed by atoms with van der Waals surface area (Å²) in [7, 11) is 6.76. The van der Waals surface area contributed by atoms with Crippen LogP contribution in [-0.2, 0) is 11.3 Å². The van der Waals surface area contributed by atoms with Crippen LogP contribution in [0.15, 0.2) is 47.5 Å². The summed E-state index contributed by atoms with van der Waals surface area (Å²) >= 11 is 0. The van der Waals surface area contributed by atoms with Crippen molar-refractivity contribution in [1.82, 2.24) is 10.6 Å². The van der Waals surface area contributed by atoms with Gasteiger partial charge in [0.2, 0.25) is 0 Å². The van der Waals surface area contributed by atoms with Crippen molar-refractivity contribution in [2.45, 2.75) is 25.9 Å². The molecule has 0 radical (unpaired) electrons. The van der Waals surface area contributed by atoms with E-state index in [9.17, 15) is 0 Å². The number of aliphatic imine (C=N–C) groups is 1. The minimum atomic E-state index is -0.0308. The zero-order valence-corrected chi connectivity index (χ0v) is 18.5. The number of rotatable bonds is 11. The standard InChI is InChI=1S/C23H33N3O4/c1-17(21-15-19(28-4)10-11-22(21)29-5)26-23(24-2)25-16-18-8-6-9-20(14-18)30-13-7-12-27-3/h6,8-11,14-15,17H,7,12-13,16H2,1-5H3,(H2,24,25,26). The quantitative estimate of drug-likeness (QED) is 0.332. The lowest BCUT2D eigenvalue weighted by Crippen LogP contribution is -2.38. The molecule has 0 spiro atoms. The molecule has 0 aliphatic heterocycles. The van der Waals surface area contributed by atoms with Crippen molar-refractivity contribution in [3.05, 3.63) is 53.6 Å². The van der Waals surface area contributed by atoms with Gasteiger partial charge < -0.3 is 29.6 Å². The number of hydrogen-bond acceptors (Lipinski definition) is 5. The Morgan fingerprint density at radius 1 is 1.00 bits per heavy atom. The molecule has 0 aliphatic carbocycles. The topological polar surface area (TPSA) is 73.3 Å². The highest BCUT2D eigenvalue weighted by Crippen LogP contribution is 2.29. The van der Waals surface area contributed by atoms with E-state index >= 15 is 0 Å². The molecule has 2 aromatic rings. The highest BCUT2D eigenvalue weighted by atomic mass is 16.5. The summed E-state index contributed by atoms with van der Waals surface area (Å²) in [5.74, 6) is 3.12. The van der Waals surface area contributed by atoms with Gasteiger partial charge in [-0.25, -0.2) is 0 Å². The maximum Gasteiger partial charge on any atom is 0.191 e. The van der Waals surface area contributed by atoms with E-state index in [1.54, 1.807) is 28.4 Å². The van der Waals surface area contributed by atoms with E-state index in [2.05, 4.69) is 28.6 Å². The summed E-state index contributed by atoms with van der Waals surface area (Å²) in [5, 5.41) is 6.75. The van der Waals surface area contributed by atoms with Crippen LogP contribution in [0.25, 0.3) is 0 Å². The molecule has 7 nitrogen and oxygen atoms in total. The largest absolute Gasteiger partial charge is 0.497 e. The summed E-state index contributed by atoms with van der Waals surface area (Å²) in [6, 6.07) is 13.7. The monoisotopic (exact) mass is 415 g/mol. The molecule has 1 unspecified atom stereocenters. The van der Waals surface area contributed by atoms with Gasteiger partial charge in [0.25, 0.3) is 0 Å². The second-order valence-electron chi connectivity index (χ2n) is 6.74. The third-order valence-electron chi connectivity index (χ3n) is 4.60. The maximum absolute atomic E-state index is 5.77. The predicted molar refractivity (Wildman–Crippen MR) is 120 cm³/mol. The van der Waals surface area contributed by atoms with Crippen LogP contribution >= 0.6 is 0 Å². The molecule has 1 atom stereocenters. The van der Waals surface area contributed by atoms with E-state index in [4.69, 9.17) is 18.9 Å². The molecule has 7 heteroatoms. The first kappa shape index (κ1) is 23.3. The van der Waals surface area contributed by atoms with Crippen LogP contribution in [0.2, 0.25) is 0 Å². The van der Waals surface area contributed by atoms with Crippen molar-refractivity contribution < 1.29 is 18.9 Å². The second-order valence-corrected chi connectivity index (χ2v) is 6.74. The molecular weight excluding hydrogens is 382 g/mol. The van der Waals surface area contributed by atoms with Crippen molar-refractivity contribution in [2.24, 2.45) is 4.99 Å². The van der Waals surface area contributed by atoms with Crippen LogP contribution in [0.3, 0.4) is 0 Å². The summed E-state index contributed by atoms with van der Waals surface area (Å²) in [4.78, 5) is 4.34. The number of guanidine groups is 1. The number of hydrogen-bond donors (Lipinski definition) is 2. The lowest BCUT2D eigenvalue weighted by atomic mass is 10.1. The number of benzene rings is 2. The van der Waals surface area contributed by atoms with Crippen LogP contribution in [0.1, 0.15) is 30.5 Å². The van der Waals surface area contributed by atoms with E-state index in [1.165, 1.54) is 0 Å². The second kappa shape index (κ2) is 12.6. The zero-order chi connectivity index (χ0) is 21.8. The number of nitrogens with one attached hydrogen (secondary N) is 2. The first-order valence-corrected chi connectivity index (χ1v) is 10.0. The van der Waals surface area contributed by atoms with Gasteiger partial charge in [-0.1, -0.05) is 12.1 Å². The lowest BCUT2D eigenvalue weighted by molar-refractivity contribution is 0.172. The van der Waals surface area contributed by atoms with Gasteiger partial charge in [0.15, 0.2) is 5.96 Å². The van der Waals surface area contributed by atoms with E-state index < -0.39 is 0 Å². The fourth-order valence-electron chi connectivity index (χ4n) is 2.98. The predicted octanol–water partition coefficient (Wildman–Crippen LogP) is 3.55. The van der Waals surface area contributed by atoms with Gasteiger partial charge in [-0.3, -0.25) is 4.99 Å². The number of methoxy groups -OCH3 is 3. The van der Waals surface area contributed by atoms with E-state index in [0.717, 1.165) is 34.8 Å². The van der Waals surface area contributed by atoms with Gasteiger partial charge in [0.05, 0.1) is 26.9 Å². The molecule has 0 fully saturated rings. The van der Waals surface area contributed by atoms with E-state index in [-0.39, 0.29) is 6.04 Å². The third-order valence-corrected chi connectivity index (χ3v) is 4.60. The van der Waals surface area contributed by atoms with Crippen LogP contribution in [0.5, 0.6) is 17.2 Å². The van der Waals surface area contributed by atoms with Crippen molar-refractivity contribution in [3.63, 3.8) is 0 Å². The molecule has 2 rings (SSSR count). The Bertz CT molecular complexity index is 811. The molecule has 0 amide bonds. The average Bonchev–Trinajstić information content (AvgIpc) is 2.79. The van der Waals surface area contributed by atoms with Gasteiger partial charge in [-0.15, -0.1) is 0 Å². The highest BCUT2D eigenvalue weighted by molar-refractivity contribution is 5.80. The molecule has 2 aromatic carbocycles. The molecule has 0 aliphatic rings. The van der Waals surface area contributed by atoms with Crippen molar-refractivity contribution in [3.8, 4) is 17.2 Å². The number of nitrogens with zero attached hydrogens (tertiary/aromatic N) is 1. The van der Waals surface area contributed by atoms with Crippen molar-refractivity contribution >= 4 is 5.96 Å². The zero-order valence-electron chi connectivity index (χ0n) is 18.5. The molecule has 0 bridgehead atoms. The minimum absolute atomic E-state index is 0.0308. The summed E-state index contributed by atoms with van der Waals surface area (Å²) in [5.41, 5.74) is 2.10. The molecule has 164 valence electrons. The first-order chi connectivity index (χ1) is 14.6. The Labute approximate surface area is 179 Å². The normalized spacial score (nSPS) is 12.2. The van der Waals surface area contributed by atoms with Crippen LogP contribution in [0.4, 0.5) is 0 Å². The molecule has 0 aromatic heterocycles. The van der Waals surface area contributed by atoms with Gasteiger partial charge in [0, 0.05) is 39.3 Å². The third kappa shape index (κ3) is 7.15.